The molecule has 0 saturated heterocycles. The Labute approximate surface area is 123 Å². The molecule has 1 heterocycles. The largest absolute Gasteiger partial charge is 0.362 e. The Bertz CT molecular complexity index is 669. The molecule has 3 rings (SSSR count). The molecule has 21 heavy (non-hydrogen) atoms. The van der Waals surface area contributed by atoms with Crippen LogP contribution in [0.25, 0.3) is 11.1 Å². The molecule has 1 N–H and O–H groups in total. The normalized spacial score (nSPS) is 25.0. The van der Waals surface area contributed by atoms with Crippen molar-refractivity contribution in [2.24, 2.45) is 0 Å². The van der Waals surface area contributed by atoms with Crippen LogP contribution in [0.1, 0.15) is 18.6 Å². The molecule has 0 unspecified atom stereocenters. The van der Waals surface area contributed by atoms with Crippen LogP contribution >= 0.6 is 0 Å². The second kappa shape index (κ2) is 5.28. The Balaban J connectivity index is 1.88. The topological polar surface area (TPSA) is 46.5 Å². The smallest absolute Gasteiger partial charge is 0.188 e. The number of hydrogen-bond acceptors (Lipinski definition) is 3. The summed E-state index contributed by atoms with van der Waals surface area (Å²) >= 11 is 0. The van der Waals surface area contributed by atoms with Gasteiger partial charge in [-0.15, -0.1) is 0 Å². The maximum Gasteiger partial charge on any atom is 0.188 e. The van der Waals surface area contributed by atoms with Crippen LogP contribution in [-0.2, 0) is 9.53 Å². The third-order valence-electron chi connectivity index (χ3n) is 3.49. The highest BCUT2D eigenvalue weighted by Crippen LogP contribution is 2.30. The molecule has 0 fully saturated rings. The van der Waals surface area contributed by atoms with Gasteiger partial charge in [0, 0.05) is 0 Å². The van der Waals surface area contributed by atoms with E-state index in [4.69, 9.17) is 4.74 Å². The number of carbonyl (C=O) groups excluding carboxylic acids is 1. The minimum absolute atomic E-state index is 0.158. The van der Waals surface area contributed by atoms with E-state index < -0.39 is 11.9 Å². The van der Waals surface area contributed by atoms with E-state index in [1.807, 2.05) is 54.6 Å². The van der Waals surface area contributed by atoms with Crippen molar-refractivity contribution in [3.8, 4) is 11.1 Å². The molecule has 0 bridgehead atoms. The molecular formula is C18H16O3. The third-order valence-corrected chi connectivity index (χ3v) is 3.49. The number of rotatable bonds is 2. The number of aliphatic hydroxyl groups is 1. The lowest BCUT2D eigenvalue weighted by Crippen LogP contribution is -2.34. The fourth-order valence-corrected chi connectivity index (χ4v) is 2.37. The number of ketones is 1. The van der Waals surface area contributed by atoms with E-state index >= 15 is 0 Å². The minimum atomic E-state index is -1.41. The Morgan fingerprint density at radius 1 is 1.00 bits per heavy atom. The quantitative estimate of drug-likeness (QED) is 0.918. The fourth-order valence-electron chi connectivity index (χ4n) is 2.37. The number of benzene rings is 2. The lowest BCUT2D eigenvalue weighted by atomic mass is 9.98. The Kier molecular flexibility index (Phi) is 3.45. The molecule has 2 aromatic carbocycles. The van der Waals surface area contributed by atoms with Gasteiger partial charge in [-0.05, 0) is 35.8 Å². The summed E-state index contributed by atoms with van der Waals surface area (Å²) < 4.78 is 5.44. The van der Waals surface area contributed by atoms with E-state index in [-0.39, 0.29) is 5.78 Å². The van der Waals surface area contributed by atoms with Gasteiger partial charge < -0.3 is 9.84 Å². The van der Waals surface area contributed by atoms with Gasteiger partial charge in [-0.1, -0.05) is 54.6 Å². The fraction of sp³-hybridized carbons (Fsp3) is 0.167. The second-order valence-corrected chi connectivity index (χ2v) is 5.28. The molecule has 2 atom stereocenters. The minimum Gasteiger partial charge on any atom is -0.362 e. The predicted octanol–water partition coefficient (Wildman–Crippen LogP) is 3.26. The van der Waals surface area contributed by atoms with Crippen molar-refractivity contribution < 1.29 is 14.6 Å². The van der Waals surface area contributed by atoms with Gasteiger partial charge >= 0.3 is 0 Å². The van der Waals surface area contributed by atoms with E-state index in [0.717, 1.165) is 16.7 Å². The zero-order chi connectivity index (χ0) is 14.9. The molecule has 0 spiro atoms. The van der Waals surface area contributed by atoms with Crippen LogP contribution in [0.2, 0.25) is 0 Å². The highest BCUT2D eigenvalue weighted by atomic mass is 16.6. The molecule has 0 saturated carbocycles. The van der Waals surface area contributed by atoms with Crippen molar-refractivity contribution in [1.29, 1.82) is 0 Å². The second-order valence-electron chi connectivity index (χ2n) is 5.28. The van der Waals surface area contributed by atoms with Gasteiger partial charge in [0.2, 0.25) is 0 Å². The first-order chi connectivity index (χ1) is 10.1. The van der Waals surface area contributed by atoms with Crippen molar-refractivity contribution in [1.82, 2.24) is 0 Å². The van der Waals surface area contributed by atoms with E-state index in [9.17, 15) is 9.90 Å². The van der Waals surface area contributed by atoms with Crippen molar-refractivity contribution in [2.75, 3.05) is 0 Å². The van der Waals surface area contributed by atoms with Crippen LogP contribution in [0.4, 0.5) is 0 Å². The average Bonchev–Trinajstić information content (AvgIpc) is 2.51. The van der Waals surface area contributed by atoms with E-state index in [0.29, 0.717) is 0 Å². The van der Waals surface area contributed by atoms with Gasteiger partial charge in [-0.2, -0.15) is 0 Å². The Hall–Kier alpha value is -2.23. The lowest BCUT2D eigenvalue weighted by molar-refractivity contribution is -0.194. The van der Waals surface area contributed by atoms with Crippen molar-refractivity contribution >= 4 is 5.78 Å². The molecule has 2 aromatic rings. The molecule has 106 valence electrons. The number of ether oxygens (including phenoxy) is 1. The van der Waals surface area contributed by atoms with Crippen molar-refractivity contribution in [2.45, 2.75) is 18.8 Å². The Morgan fingerprint density at radius 3 is 2.29 bits per heavy atom. The molecule has 1 aliphatic heterocycles. The maximum atomic E-state index is 11.9. The molecule has 1 aliphatic rings. The summed E-state index contributed by atoms with van der Waals surface area (Å²) in [6, 6.07) is 17.6. The monoisotopic (exact) mass is 280 g/mol. The maximum absolute atomic E-state index is 11.9. The van der Waals surface area contributed by atoms with Crippen LogP contribution in [0, 0.1) is 0 Å². The average molecular weight is 280 g/mol. The molecule has 3 heteroatoms. The van der Waals surface area contributed by atoms with E-state index in [1.54, 1.807) is 0 Å². The summed E-state index contributed by atoms with van der Waals surface area (Å²) in [4.78, 5) is 11.9. The van der Waals surface area contributed by atoms with Crippen LogP contribution in [0.5, 0.6) is 0 Å². The van der Waals surface area contributed by atoms with Crippen molar-refractivity contribution in [3.63, 3.8) is 0 Å². The molecule has 0 aliphatic carbocycles. The predicted molar refractivity (Wildman–Crippen MR) is 80.5 cm³/mol. The van der Waals surface area contributed by atoms with Gasteiger partial charge in [0.25, 0.3) is 0 Å². The summed E-state index contributed by atoms with van der Waals surface area (Å²) in [6.45, 7) is 1.52. The van der Waals surface area contributed by atoms with Crippen LogP contribution in [0.15, 0.2) is 66.7 Å². The SMILES string of the molecule is C[C@]1(O)C=CC(=O)[C@@H](c2ccc(-c3ccccc3)cc2)O1. The Morgan fingerprint density at radius 2 is 1.62 bits per heavy atom. The molecule has 0 amide bonds. The van der Waals surface area contributed by atoms with Gasteiger partial charge in [0.05, 0.1) is 0 Å². The standard InChI is InChI=1S/C18H16O3/c1-18(20)12-11-16(19)17(21-18)15-9-7-14(8-10-15)13-5-3-2-4-6-13/h2-12,17,20H,1H3/t17-,18-/m1/s1. The van der Waals surface area contributed by atoms with E-state index in [1.165, 1.54) is 19.1 Å². The van der Waals surface area contributed by atoms with E-state index in [2.05, 4.69) is 0 Å². The third kappa shape index (κ3) is 2.94. The van der Waals surface area contributed by atoms with Gasteiger partial charge in [-0.3, -0.25) is 4.79 Å². The number of carbonyl (C=O) groups is 1. The van der Waals surface area contributed by atoms with Gasteiger partial charge in [0.15, 0.2) is 11.6 Å². The zero-order valence-corrected chi connectivity index (χ0v) is 11.7. The van der Waals surface area contributed by atoms with Crippen LogP contribution in [0.3, 0.4) is 0 Å². The molecule has 0 radical (unpaired) electrons. The summed E-state index contributed by atoms with van der Waals surface area (Å²) in [5, 5.41) is 9.90. The van der Waals surface area contributed by atoms with Gasteiger partial charge in [-0.25, -0.2) is 0 Å². The molecule has 3 nitrogen and oxygen atoms in total. The highest BCUT2D eigenvalue weighted by molar-refractivity contribution is 5.95. The molecule has 0 aromatic heterocycles. The first kappa shape index (κ1) is 13.7. The lowest BCUT2D eigenvalue weighted by Gasteiger charge is -2.29. The highest BCUT2D eigenvalue weighted by Gasteiger charge is 2.32. The van der Waals surface area contributed by atoms with Gasteiger partial charge in [0.1, 0.15) is 6.10 Å². The first-order valence-corrected chi connectivity index (χ1v) is 6.84. The summed E-state index contributed by atoms with van der Waals surface area (Å²) in [5.74, 6) is -1.56. The summed E-state index contributed by atoms with van der Waals surface area (Å²) in [5.41, 5.74) is 2.93. The van der Waals surface area contributed by atoms with Crippen molar-refractivity contribution in [3.05, 3.63) is 72.3 Å². The summed E-state index contributed by atoms with van der Waals surface area (Å²) in [6.07, 6.45) is 1.98. The number of hydrogen-bond donors (Lipinski definition) is 1. The van der Waals surface area contributed by atoms with Crippen LogP contribution < -0.4 is 0 Å². The first-order valence-electron chi connectivity index (χ1n) is 6.84. The molecular weight excluding hydrogens is 264 g/mol. The van der Waals surface area contributed by atoms with Crippen LogP contribution in [-0.4, -0.2) is 16.7 Å². The summed E-state index contributed by atoms with van der Waals surface area (Å²) in [7, 11) is 0. The zero-order valence-electron chi connectivity index (χ0n) is 11.7.